The fourth-order valence-corrected chi connectivity index (χ4v) is 8.02. The Hall–Kier alpha value is -2.34. The lowest BCUT2D eigenvalue weighted by atomic mass is 9.52. The van der Waals surface area contributed by atoms with Crippen LogP contribution in [0.15, 0.2) is 48.8 Å². The minimum absolute atomic E-state index is 0.00421. The fourth-order valence-electron chi connectivity index (χ4n) is 7.56. The Kier molecular flexibility index (Phi) is 4.43. The van der Waals surface area contributed by atoms with Gasteiger partial charge in [-0.15, -0.1) is 0 Å². The lowest BCUT2D eigenvalue weighted by molar-refractivity contribution is -0.136. The molecule has 1 N–H and O–H groups in total. The van der Waals surface area contributed by atoms with Gasteiger partial charge in [-0.05, 0) is 92.8 Å². The van der Waals surface area contributed by atoms with Crippen LogP contribution < -0.4 is 5.32 Å². The molecule has 5 fully saturated rings. The molecule has 5 nitrogen and oxygen atoms in total. The first-order valence-corrected chi connectivity index (χ1v) is 11.9. The molecule has 6 heteroatoms. The van der Waals surface area contributed by atoms with Gasteiger partial charge in [0, 0.05) is 42.2 Å². The fraction of sp³-hybridized carbons (Fsp3) is 0.520. The second-order valence-corrected chi connectivity index (χ2v) is 10.7. The molecule has 1 amide bonds. The monoisotopic (exact) mass is 432 g/mol. The first kappa shape index (κ1) is 19.4. The number of nitrogens with one attached hydrogen (secondary N) is 1. The van der Waals surface area contributed by atoms with E-state index in [4.69, 9.17) is 12.2 Å². The zero-order valence-corrected chi connectivity index (χ0v) is 18.5. The van der Waals surface area contributed by atoms with Crippen molar-refractivity contribution in [3.63, 3.8) is 0 Å². The molecule has 0 radical (unpaired) electrons. The Morgan fingerprint density at radius 3 is 1.87 bits per heavy atom. The van der Waals surface area contributed by atoms with Crippen molar-refractivity contribution in [2.45, 2.75) is 62.4 Å². The molecular formula is C25H28N4OS. The van der Waals surface area contributed by atoms with Crippen LogP contribution in [-0.2, 0) is 17.6 Å². The SMILES string of the molecule is O=C1NC(=S)N(C23CC4CC(CC(C4)C2)C3)C1(Cc1ccccn1)Cc1ccccn1. The van der Waals surface area contributed by atoms with Gasteiger partial charge in [-0.25, -0.2) is 0 Å². The zero-order chi connectivity index (χ0) is 21.1. The van der Waals surface area contributed by atoms with Gasteiger partial charge in [-0.3, -0.25) is 14.8 Å². The van der Waals surface area contributed by atoms with Crippen molar-refractivity contribution in [1.82, 2.24) is 20.2 Å². The number of pyridine rings is 2. The summed E-state index contributed by atoms with van der Waals surface area (Å²) in [6, 6.07) is 11.9. The summed E-state index contributed by atoms with van der Waals surface area (Å²) in [7, 11) is 0. The molecule has 0 spiro atoms. The van der Waals surface area contributed by atoms with E-state index in [0.29, 0.717) is 18.0 Å². The highest BCUT2D eigenvalue weighted by molar-refractivity contribution is 7.80. The third-order valence-corrected chi connectivity index (χ3v) is 8.44. The molecule has 0 unspecified atom stereocenters. The van der Waals surface area contributed by atoms with Crippen molar-refractivity contribution in [1.29, 1.82) is 0 Å². The highest BCUT2D eigenvalue weighted by Gasteiger charge is 2.63. The summed E-state index contributed by atoms with van der Waals surface area (Å²) < 4.78 is 0. The number of aromatic nitrogens is 2. The van der Waals surface area contributed by atoms with Crippen LogP contribution in [0.1, 0.15) is 49.9 Å². The van der Waals surface area contributed by atoms with Crippen LogP contribution in [0.5, 0.6) is 0 Å². The minimum atomic E-state index is -0.786. The summed E-state index contributed by atoms with van der Waals surface area (Å²) in [5, 5.41) is 3.70. The van der Waals surface area contributed by atoms with E-state index in [1.54, 1.807) is 0 Å². The first-order valence-electron chi connectivity index (χ1n) is 11.5. The van der Waals surface area contributed by atoms with Crippen molar-refractivity contribution in [2.24, 2.45) is 17.8 Å². The molecule has 160 valence electrons. The average molecular weight is 433 g/mol. The largest absolute Gasteiger partial charge is 0.328 e. The van der Waals surface area contributed by atoms with Gasteiger partial charge in [0.15, 0.2) is 5.11 Å². The number of amides is 1. The van der Waals surface area contributed by atoms with E-state index < -0.39 is 5.54 Å². The average Bonchev–Trinajstić information content (AvgIpc) is 2.98. The third-order valence-electron chi connectivity index (χ3n) is 8.15. The Morgan fingerprint density at radius 1 is 0.903 bits per heavy atom. The molecule has 7 rings (SSSR count). The topological polar surface area (TPSA) is 58.1 Å². The molecule has 0 atom stereocenters. The van der Waals surface area contributed by atoms with Gasteiger partial charge < -0.3 is 10.2 Å². The Labute approximate surface area is 188 Å². The molecule has 3 heterocycles. The van der Waals surface area contributed by atoms with Gasteiger partial charge in [-0.2, -0.15) is 0 Å². The van der Waals surface area contributed by atoms with Crippen molar-refractivity contribution in [3.8, 4) is 0 Å². The molecule has 4 bridgehead atoms. The second kappa shape index (κ2) is 7.09. The standard InChI is InChI=1S/C25H28N4OS/c30-22-25(15-20-5-1-3-7-26-20,16-21-6-2-4-8-27-21)29(23(31)28-22)24-12-17-9-18(13-24)11-19(10-17)14-24/h1-8,17-19H,9-16H2,(H,28,30,31). The summed E-state index contributed by atoms with van der Waals surface area (Å²) in [6.07, 6.45) is 12.2. The molecule has 31 heavy (non-hydrogen) atoms. The summed E-state index contributed by atoms with van der Waals surface area (Å²) in [4.78, 5) is 25.3. The number of carbonyl (C=O) groups excluding carboxylic acids is 1. The Bertz CT molecular complexity index is 932. The first-order chi connectivity index (χ1) is 15.1. The van der Waals surface area contributed by atoms with Crippen LogP contribution in [0.3, 0.4) is 0 Å². The van der Waals surface area contributed by atoms with Gasteiger partial charge in [0.2, 0.25) is 0 Å². The van der Waals surface area contributed by atoms with Crippen LogP contribution in [-0.4, -0.2) is 37.0 Å². The molecule has 5 aliphatic rings. The van der Waals surface area contributed by atoms with Gasteiger partial charge in [0.05, 0.1) is 0 Å². The lowest BCUT2D eigenvalue weighted by Gasteiger charge is -2.62. The van der Waals surface area contributed by atoms with E-state index in [2.05, 4.69) is 20.2 Å². The van der Waals surface area contributed by atoms with E-state index in [0.717, 1.165) is 48.4 Å². The number of hydrogen-bond donors (Lipinski definition) is 1. The van der Waals surface area contributed by atoms with Crippen LogP contribution in [0.4, 0.5) is 0 Å². The molecule has 1 aliphatic heterocycles. The van der Waals surface area contributed by atoms with Crippen LogP contribution in [0, 0.1) is 17.8 Å². The summed E-state index contributed by atoms with van der Waals surface area (Å²) in [5.41, 5.74) is 1.04. The minimum Gasteiger partial charge on any atom is -0.328 e. The lowest BCUT2D eigenvalue weighted by Crippen LogP contribution is -2.68. The zero-order valence-electron chi connectivity index (χ0n) is 17.7. The number of hydrogen-bond acceptors (Lipinski definition) is 4. The summed E-state index contributed by atoms with van der Waals surface area (Å²) >= 11 is 5.89. The van der Waals surface area contributed by atoms with Gasteiger partial charge in [0.25, 0.3) is 5.91 Å². The van der Waals surface area contributed by atoms with Crippen molar-refractivity contribution in [2.75, 3.05) is 0 Å². The van der Waals surface area contributed by atoms with Crippen molar-refractivity contribution >= 4 is 23.2 Å². The van der Waals surface area contributed by atoms with Crippen LogP contribution in [0.2, 0.25) is 0 Å². The molecule has 0 aromatic carbocycles. The molecule has 4 aliphatic carbocycles. The number of carbonyl (C=O) groups is 1. The van der Waals surface area contributed by atoms with Crippen LogP contribution >= 0.6 is 12.2 Å². The van der Waals surface area contributed by atoms with Gasteiger partial charge >= 0.3 is 0 Å². The van der Waals surface area contributed by atoms with Gasteiger partial charge in [0.1, 0.15) is 5.54 Å². The summed E-state index contributed by atoms with van der Waals surface area (Å²) in [6.45, 7) is 0. The maximum absolute atomic E-state index is 13.7. The maximum Gasteiger partial charge on any atom is 0.252 e. The third kappa shape index (κ3) is 3.10. The number of rotatable bonds is 5. The molecule has 4 saturated carbocycles. The van der Waals surface area contributed by atoms with Gasteiger partial charge in [-0.1, -0.05) is 12.1 Å². The molecule has 2 aromatic heterocycles. The Balaban J connectivity index is 1.47. The Morgan fingerprint density at radius 2 is 1.42 bits per heavy atom. The number of nitrogens with zero attached hydrogens (tertiary/aromatic N) is 3. The summed E-state index contributed by atoms with van der Waals surface area (Å²) in [5.74, 6) is 2.32. The number of thiocarbonyl (C=S) groups is 1. The molecular weight excluding hydrogens is 404 g/mol. The van der Waals surface area contributed by atoms with E-state index in [1.165, 1.54) is 19.3 Å². The van der Waals surface area contributed by atoms with E-state index >= 15 is 0 Å². The second-order valence-electron chi connectivity index (χ2n) is 10.3. The predicted octanol–water partition coefficient (Wildman–Crippen LogP) is 3.69. The van der Waals surface area contributed by atoms with Crippen molar-refractivity contribution in [3.05, 3.63) is 60.2 Å². The quantitative estimate of drug-likeness (QED) is 0.731. The smallest absolute Gasteiger partial charge is 0.252 e. The van der Waals surface area contributed by atoms with E-state index in [1.807, 2.05) is 48.8 Å². The highest BCUT2D eigenvalue weighted by Crippen LogP contribution is 2.59. The molecule has 2 aromatic rings. The highest BCUT2D eigenvalue weighted by atomic mass is 32.1. The predicted molar refractivity (Wildman–Crippen MR) is 122 cm³/mol. The maximum atomic E-state index is 13.7. The van der Waals surface area contributed by atoms with E-state index in [-0.39, 0.29) is 11.4 Å². The molecule has 1 saturated heterocycles. The normalized spacial score (nSPS) is 33.0. The van der Waals surface area contributed by atoms with E-state index in [9.17, 15) is 4.79 Å². The van der Waals surface area contributed by atoms with Crippen LogP contribution in [0.25, 0.3) is 0 Å². The van der Waals surface area contributed by atoms with Crippen molar-refractivity contribution < 1.29 is 4.79 Å².